The molecule has 0 unspecified atom stereocenters. The highest BCUT2D eigenvalue weighted by Gasteiger charge is 2.08. The number of methoxy groups -OCH3 is 1. The highest BCUT2D eigenvalue weighted by Crippen LogP contribution is 2.22. The van der Waals surface area contributed by atoms with Crippen molar-refractivity contribution in [2.24, 2.45) is 0 Å². The standard InChI is InChI=1S/C32H31N3O4/c1-37-31-9-5-6-25(24-31)18-19-33-20-23-38-28-14-10-26(11-15-28)34-21-22-35(32(34)36)27-12-16-30(17-13-27)39-29-7-3-2-4-8-29/h2-17,21-22,24,33H,18-20,23H2,1H3. The van der Waals surface area contributed by atoms with Crippen LogP contribution in [0.25, 0.3) is 11.4 Å². The van der Waals surface area contributed by atoms with Crippen LogP contribution in [0.1, 0.15) is 5.56 Å². The minimum atomic E-state index is -0.152. The Hall–Kier alpha value is -4.75. The number of para-hydroxylation sites is 1. The predicted octanol–water partition coefficient (Wildman–Crippen LogP) is 5.64. The van der Waals surface area contributed by atoms with Gasteiger partial charge in [0.2, 0.25) is 0 Å². The van der Waals surface area contributed by atoms with E-state index in [1.54, 1.807) is 28.6 Å². The summed E-state index contributed by atoms with van der Waals surface area (Å²) in [5.41, 5.74) is 2.61. The molecule has 0 saturated heterocycles. The molecule has 1 heterocycles. The first kappa shape index (κ1) is 25.9. The maximum Gasteiger partial charge on any atom is 0.337 e. The van der Waals surface area contributed by atoms with Gasteiger partial charge in [-0.3, -0.25) is 9.13 Å². The number of rotatable bonds is 12. The van der Waals surface area contributed by atoms with Crippen molar-refractivity contribution in [2.75, 3.05) is 26.8 Å². The zero-order valence-electron chi connectivity index (χ0n) is 21.8. The van der Waals surface area contributed by atoms with Crippen LogP contribution in [-0.4, -0.2) is 35.9 Å². The number of nitrogens with one attached hydrogen (secondary N) is 1. The highest BCUT2D eigenvalue weighted by atomic mass is 16.5. The highest BCUT2D eigenvalue weighted by molar-refractivity contribution is 5.41. The Morgan fingerprint density at radius 3 is 1.95 bits per heavy atom. The first-order chi connectivity index (χ1) is 19.2. The Kier molecular flexibility index (Phi) is 8.41. The second-order valence-electron chi connectivity index (χ2n) is 8.92. The summed E-state index contributed by atoms with van der Waals surface area (Å²) in [7, 11) is 1.68. The minimum Gasteiger partial charge on any atom is -0.497 e. The lowest BCUT2D eigenvalue weighted by Crippen LogP contribution is -2.23. The van der Waals surface area contributed by atoms with E-state index in [0.29, 0.717) is 12.4 Å². The summed E-state index contributed by atoms with van der Waals surface area (Å²) < 4.78 is 20.2. The van der Waals surface area contributed by atoms with Crippen LogP contribution in [0.5, 0.6) is 23.0 Å². The fraction of sp³-hybridized carbons (Fsp3) is 0.156. The van der Waals surface area contributed by atoms with Gasteiger partial charge in [0.1, 0.15) is 29.6 Å². The van der Waals surface area contributed by atoms with Crippen molar-refractivity contribution in [1.29, 1.82) is 0 Å². The van der Waals surface area contributed by atoms with Gasteiger partial charge in [0.05, 0.1) is 18.5 Å². The smallest absolute Gasteiger partial charge is 0.337 e. The molecule has 0 amide bonds. The molecular formula is C32H31N3O4. The number of benzene rings is 4. The molecular weight excluding hydrogens is 490 g/mol. The molecule has 5 aromatic rings. The lowest BCUT2D eigenvalue weighted by atomic mass is 10.1. The molecule has 1 N–H and O–H groups in total. The summed E-state index contributed by atoms with van der Waals surface area (Å²) >= 11 is 0. The van der Waals surface area contributed by atoms with Crippen LogP contribution in [0.2, 0.25) is 0 Å². The number of aromatic nitrogens is 2. The third-order valence-corrected chi connectivity index (χ3v) is 6.26. The van der Waals surface area contributed by atoms with E-state index in [1.807, 2.05) is 91.0 Å². The van der Waals surface area contributed by atoms with Crippen LogP contribution < -0.4 is 25.2 Å². The summed E-state index contributed by atoms with van der Waals surface area (Å²) in [6, 6.07) is 32.7. The third-order valence-electron chi connectivity index (χ3n) is 6.26. The van der Waals surface area contributed by atoms with E-state index in [-0.39, 0.29) is 5.69 Å². The quantitative estimate of drug-likeness (QED) is 0.215. The van der Waals surface area contributed by atoms with Gasteiger partial charge in [-0.2, -0.15) is 0 Å². The van der Waals surface area contributed by atoms with Crippen LogP contribution >= 0.6 is 0 Å². The average Bonchev–Trinajstić information content (AvgIpc) is 3.37. The number of ether oxygens (including phenoxy) is 3. The van der Waals surface area contributed by atoms with E-state index in [4.69, 9.17) is 14.2 Å². The second kappa shape index (κ2) is 12.7. The van der Waals surface area contributed by atoms with Gasteiger partial charge in [-0.25, -0.2) is 4.79 Å². The Balaban J connectivity index is 1.11. The van der Waals surface area contributed by atoms with Crippen LogP contribution in [0.3, 0.4) is 0 Å². The van der Waals surface area contributed by atoms with Crippen LogP contribution in [-0.2, 0) is 6.42 Å². The molecule has 0 aliphatic rings. The van der Waals surface area contributed by atoms with Gasteiger partial charge < -0.3 is 19.5 Å². The molecule has 39 heavy (non-hydrogen) atoms. The molecule has 0 bridgehead atoms. The number of imidazole rings is 1. The second-order valence-corrected chi connectivity index (χ2v) is 8.92. The molecule has 0 radical (unpaired) electrons. The summed E-state index contributed by atoms with van der Waals surface area (Å²) in [4.78, 5) is 13.1. The number of hydrogen-bond acceptors (Lipinski definition) is 5. The van der Waals surface area contributed by atoms with E-state index < -0.39 is 0 Å². The minimum absolute atomic E-state index is 0.152. The van der Waals surface area contributed by atoms with Gasteiger partial charge in [-0.1, -0.05) is 30.3 Å². The maximum absolute atomic E-state index is 13.1. The van der Waals surface area contributed by atoms with Gasteiger partial charge in [0.25, 0.3) is 0 Å². The Morgan fingerprint density at radius 2 is 1.28 bits per heavy atom. The molecule has 198 valence electrons. The maximum atomic E-state index is 13.1. The lowest BCUT2D eigenvalue weighted by molar-refractivity contribution is 0.314. The van der Waals surface area contributed by atoms with Crippen molar-refractivity contribution in [3.63, 3.8) is 0 Å². The summed E-state index contributed by atoms with van der Waals surface area (Å²) in [6.07, 6.45) is 4.45. The van der Waals surface area contributed by atoms with Gasteiger partial charge >= 0.3 is 5.69 Å². The van der Waals surface area contributed by atoms with Crippen LogP contribution in [0, 0.1) is 0 Å². The zero-order valence-corrected chi connectivity index (χ0v) is 21.8. The largest absolute Gasteiger partial charge is 0.497 e. The van der Waals surface area contributed by atoms with Crippen molar-refractivity contribution in [3.8, 4) is 34.4 Å². The molecule has 0 atom stereocenters. The summed E-state index contributed by atoms with van der Waals surface area (Å²) in [5.74, 6) is 3.11. The number of hydrogen-bond donors (Lipinski definition) is 1. The first-order valence-corrected chi connectivity index (χ1v) is 12.9. The summed E-state index contributed by atoms with van der Waals surface area (Å²) in [5, 5.41) is 3.40. The topological polar surface area (TPSA) is 66.7 Å². The third kappa shape index (κ3) is 6.77. The fourth-order valence-electron chi connectivity index (χ4n) is 4.20. The van der Waals surface area contributed by atoms with Gasteiger partial charge in [-0.15, -0.1) is 0 Å². The average molecular weight is 522 g/mol. The van der Waals surface area contributed by atoms with E-state index in [9.17, 15) is 4.79 Å². The van der Waals surface area contributed by atoms with E-state index in [2.05, 4.69) is 17.4 Å². The van der Waals surface area contributed by atoms with Crippen molar-refractivity contribution in [1.82, 2.24) is 14.5 Å². The molecule has 7 nitrogen and oxygen atoms in total. The van der Waals surface area contributed by atoms with Crippen LogP contribution in [0.15, 0.2) is 120 Å². The monoisotopic (exact) mass is 521 g/mol. The Labute approximate surface area is 227 Å². The van der Waals surface area contributed by atoms with E-state index in [1.165, 1.54) is 5.56 Å². The SMILES string of the molecule is COc1cccc(CCNCCOc2ccc(-n3ccn(-c4ccc(Oc5ccccc5)cc4)c3=O)cc2)c1. The van der Waals surface area contributed by atoms with Crippen molar-refractivity contribution in [2.45, 2.75) is 6.42 Å². The molecule has 5 rings (SSSR count). The number of nitrogens with zero attached hydrogens (tertiary/aromatic N) is 2. The van der Waals surface area contributed by atoms with E-state index in [0.717, 1.165) is 48.1 Å². The molecule has 0 fully saturated rings. The molecule has 7 heteroatoms. The zero-order chi connectivity index (χ0) is 26.9. The summed E-state index contributed by atoms with van der Waals surface area (Å²) in [6.45, 7) is 2.15. The molecule has 0 aliphatic carbocycles. The van der Waals surface area contributed by atoms with Crippen molar-refractivity contribution >= 4 is 0 Å². The first-order valence-electron chi connectivity index (χ1n) is 12.9. The van der Waals surface area contributed by atoms with Gasteiger partial charge in [0, 0.05) is 18.9 Å². The Bertz CT molecular complexity index is 1520. The molecule has 0 aliphatic heterocycles. The normalized spacial score (nSPS) is 10.8. The molecule has 0 saturated carbocycles. The Morgan fingerprint density at radius 1 is 0.667 bits per heavy atom. The van der Waals surface area contributed by atoms with Crippen LogP contribution in [0.4, 0.5) is 0 Å². The molecule has 4 aromatic carbocycles. The van der Waals surface area contributed by atoms with Crippen molar-refractivity contribution in [3.05, 3.63) is 132 Å². The molecule has 1 aromatic heterocycles. The van der Waals surface area contributed by atoms with Crippen molar-refractivity contribution < 1.29 is 14.2 Å². The van der Waals surface area contributed by atoms with E-state index >= 15 is 0 Å². The predicted molar refractivity (Wildman–Crippen MR) is 153 cm³/mol. The fourth-order valence-corrected chi connectivity index (χ4v) is 4.20. The van der Waals surface area contributed by atoms with Gasteiger partial charge in [-0.05, 0) is 91.3 Å². The molecule has 0 spiro atoms. The van der Waals surface area contributed by atoms with Gasteiger partial charge in [0.15, 0.2) is 0 Å². The lowest BCUT2D eigenvalue weighted by Gasteiger charge is -2.09.